The average molecular weight is 368 g/mol. The number of aromatic amines is 1. The van der Waals surface area contributed by atoms with E-state index in [-0.39, 0.29) is 5.78 Å². The fourth-order valence-corrected chi connectivity index (χ4v) is 3.90. The van der Waals surface area contributed by atoms with Crippen LogP contribution < -0.4 is 10.6 Å². The van der Waals surface area contributed by atoms with E-state index >= 15 is 0 Å². The number of aryl methyl sites for hydroxylation is 1. The predicted octanol–water partition coefficient (Wildman–Crippen LogP) is 3.60. The Labute approximate surface area is 157 Å². The molecule has 3 aromatic rings. The van der Waals surface area contributed by atoms with Crippen molar-refractivity contribution in [1.82, 2.24) is 15.3 Å². The molecule has 2 aromatic carbocycles. The smallest absolute Gasteiger partial charge is 0.201 e. The number of nitrogens with zero attached hydrogens (tertiary/aromatic N) is 1. The molecular weight excluding hydrogens is 348 g/mol. The van der Waals surface area contributed by atoms with Gasteiger partial charge in [-0.15, -0.1) is 0 Å². The fraction of sp³-hybridized carbons (Fsp3) is 0.250. The number of rotatable bonds is 4. The van der Waals surface area contributed by atoms with Gasteiger partial charge >= 0.3 is 0 Å². The number of ketones is 1. The maximum absolute atomic E-state index is 12.3. The number of hydrogen-bond acceptors (Lipinski definition) is 4. The van der Waals surface area contributed by atoms with E-state index in [0.717, 1.165) is 28.6 Å². The lowest BCUT2D eigenvalue weighted by atomic mass is 9.80. The van der Waals surface area contributed by atoms with Crippen LogP contribution in [0.3, 0.4) is 0 Å². The van der Waals surface area contributed by atoms with Crippen LogP contribution in [0.1, 0.15) is 17.5 Å². The summed E-state index contributed by atoms with van der Waals surface area (Å²) in [5.41, 5.74) is 3.15. The van der Waals surface area contributed by atoms with E-state index in [1.165, 1.54) is 0 Å². The van der Waals surface area contributed by atoms with Crippen LogP contribution in [0, 0.1) is 13.8 Å². The van der Waals surface area contributed by atoms with Crippen molar-refractivity contribution in [3.05, 3.63) is 65.5 Å². The number of halogens is 1. The van der Waals surface area contributed by atoms with Crippen molar-refractivity contribution in [1.29, 1.82) is 0 Å². The lowest BCUT2D eigenvalue weighted by Crippen LogP contribution is -2.50. The van der Waals surface area contributed by atoms with Gasteiger partial charge in [0.2, 0.25) is 5.95 Å². The SMILES string of the molecule is [CH2]C(=O)[C@H]1NCCC1(Nc1nc2ccccc2[nH]1)c1ccc(Cl)c(C)c1. The summed E-state index contributed by atoms with van der Waals surface area (Å²) in [7, 11) is 0. The summed E-state index contributed by atoms with van der Waals surface area (Å²) >= 11 is 6.21. The molecule has 1 fully saturated rings. The first-order valence-electron chi connectivity index (χ1n) is 8.58. The zero-order valence-corrected chi connectivity index (χ0v) is 15.2. The Morgan fingerprint density at radius 1 is 1.35 bits per heavy atom. The van der Waals surface area contributed by atoms with E-state index in [9.17, 15) is 4.79 Å². The van der Waals surface area contributed by atoms with Crippen LogP contribution in [-0.4, -0.2) is 28.3 Å². The highest BCUT2D eigenvalue weighted by atomic mass is 35.5. The third-order valence-corrected chi connectivity index (χ3v) is 5.51. The second-order valence-electron chi connectivity index (χ2n) is 6.77. The summed E-state index contributed by atoms with van der Waals surface area (Å²) in [6.45, 7) is 6.34. The van der Waals surface area contributed by atoms with Gasteiger partial charge in [-0.25, -0.2) is 4.98 Å². The van der Waals surface area contributed by atoms with E-state index in [1.54, 1.807) is 0 Å². The molecule has 2 atom stereocenters. The Balaban J connectivity index is 1.82. The van der Waals surface area contributed by atoms with Crippen molar-refractivity contribution in [2.45, 2.75) is 24.9 Å². The number of benzene rings is 2. The predicted molar refractivity (Wildman–Crippen MR) is 104 cm³/mol. The Kier molecular flexibility index (Phi) is 4.21. The van der Waals surface area contributed by atoms with Crippen LogP contribution in [0.5, 0.6) is 0 Å². The Bertz CT molecular complexity index is 950. The van der Waals surface area contributed by atoms with Crippen LogP contribution in [-0.2, 0) is 10.3 Å². The lowest BCUT2D eigenvalue weighted by molar-refractivity contribution is -0.117. The van der Waals surface area contributed by atoms with E-state index < -0.39 is 11.6 Å². The molecule has 0 aliphatic carbocycles. The number of Topliss-reactive ketones (excluding diaryl/α,β-unsaturated/α-hetero) is 1. The minimum Gasteiger partial charge on any atom is -0.344 e. The molecule has 3 N–H and O–H groups in total. The van der Waals surface area contributed by atoms with Gasteiger partial charge < -0.3 is 15.6 Å². The van der Waals surface area contributed by atoms with Gasteiger partial charge in [0.15, 0.2) is 5.78 Å². The number of aromatic nitrogens is 2. The largest absolute Gasteiger partial charge is 0.344 e. The molecule has 1 aromatic heterocycles. The van der Waals surface area contributed by atoms with Crippen molar-refractivity contribution >= 4 is 34.4 Å². The van der Waals surface area contributed by atoms with Crippen LogP contribution in [0.2, 0.25) is 5.02 Å². The molecule has 0 spiro atoms. The third-order valence-electron chi connectivity index (χ3n) is 5.09. The molecule has 1 radical (unpaired) electrons. The second kappa shape index (κ2) is 6.41. The zero-order chi connectivity index (χ0) is 18.3. The lowest BCUT2D eigenvalue weighted by Gasteiger charge is -2.35. The van der Waals surface area contributed by atoms with Crippen LogP contribution in [0.4, 0.5) is 5.95 Å². The molecule has 0 amide bonds. The van der Waals surface area contributed by atoms with E-state index in [4.69, 9.17) is 11.6 Å². The fourth-order valence-electron chi connectivity index (χ4n) is 3.78. The summed E-state index contributed by atoms with van der Waals surface area (Å²) in [5.74, 6) is 0.479. The van der Waals surface area contributed by atoms with Crippen LogP contribution in [0.15, 0.2) is 42.5 Å². The number of carbonyl (C=O) groups is 1. The number of carbonyl (C=O) groups excluding carboxylic acids is 1. The normalized spacial score (nSPS) is 22.7. The Hall–Kier alpha value is -2.37. The third kappa shape index (κ3) is 2.77. The first-order valence-corrected chi connectivity index (χ1v) is 8.96. The maximum Gasteiger partial charge on any atom is 0.201 e. The number of H-pyrrole nitrogens is 1. The maximum atomic E-state index is 12.3. The van der Waals surface area contributed by atoms with Gasteiger partial charge in [-0.3, -0.25) is 4.79 Å². The molecular formula is C20H20ClN4O. The number of hydrogen-bond donors (Lipinski definition) is 3. The monoisotopic (exact) mass is 367 g/mol. The first-order chi connectivity index (χ1) is 12.5. The average Bonchev–Trinajstić information content (AvgIpc) is 3.21. The molecule has 26 heavy (non-hydrogen) atoms. The summed E-state index contributed by atoms with van der Waals surface area (Å²) in [4.78, 5) is 20.2. The molecule has 1 aliphatic rings. The molecule has 4 rings (SSSR count). The van der Waals surface area contributed by atoms with Gasteiger partial charge in [0, 0.05) is 11.9 Å². The second-order valence-corrected chi connectivity index (χ2v) is 7.17. The van der Waals surface area contributed by atoms with Gasteiger partial charge in [0.1, 0.15) is 0 Å². The van der Waals surface area contributed by atoms with Crippen LogP contribution >= 0.6 is 11.6 Å². The number of para-hydroxylation sites is 2. The highest BCUT2D eigenvalue weighted by Gasteiger charge is 2.47. The first kappa shape index (κ1) is 17.1. The Morgan fingerprint density at radius 3 is 2.88 bits per heavy atom. The molecule has 0 bridgehead atoms. The summed E-state index contributed by atoms with van der Waals surface area (Å²) < 4.78 is 0. The molecule has 5 nitrogen and oxygen atoms in total. The van der Waals surface area contributed by atoms with Gasteiger partial charge in [-0.1, -0.05) is 35.9 Å². The van der Waals surface area contributed by atoms with Crippen molar-refractivity contribution in [3.63, 3.8) is 0 Å². The van der Waals surface area contributed by atoms with Crippen molar-refractivity contribution < 1.29 is 4.79 Å². The molecule has 2 heterocycles. The van der Waals surface area contributed by atoms with Crippen LogP contribution in [0.25, 0.3) is 11.0 Å². The number of imidazole rings is 1. The number of fused-ring (bicyclic) bond motifs is 1. The highest BCUT2D eigenvalue weighted by molar-refractivity contribution is 6.31. The van der Waals surface area contributed by atoms with Crippen molar-refractivity contribution in [2.75, 3.05) is 11.9 Å². The van der Waals surface area contributed by atoms with Gasteiger partial charge in [0.25, 0.3) is 0 Å². The van der Waals surface area contributed by atoms with E-state index in [1.807, 2.05) is 49.4 Å². The van der Waals surface area contributed by atoms with E-state index in [0.29, 0.717) is 17.5 Å². The van der Waals surface area contributed by atoms with Crippen molar-refractivity contribution in [2.24, 2.45) is 0 Å². The minimum atomic E-state index is -0.637. The highest BCUT2D eigenvalue weighted by Crippen LogP contribution is 2.38. The van der Waals surface area contributed by atoms with E-state index in [2.05, 4.69) is 27.5 Å². The van der Waals surface area contributed by atoms with Crippen molar-refractivity contribution in [3.8, 4) is 0 Å². The topological polar surface area (TPSA) is 69.8 Å². The number of anilines is 1. The summed E-state index contributed by atoms with van der Waals surface area (Å²) in [6.07, 6.45) is 0.733. The van der Waals surface area contributed by atoms with Gasteiger partial charge in [-0.2, -0.15) is 0 Å². The van der Waals surface area contributed by atoms with Gasteiger partial charge in [0.05, 0.1) is 22.6 Å². The molecule has 1 saturated heterocycles. The molecule has 6 heteroatoms. The Morgan fingerprint density at radius 2 is 2.15 bits per heavy atom. The molecule has 133 valence electrons. The molecule has 0 saturated carbocycles. The molecule has 1 aliphatic heterocycles. The van der Waals surface area contributed by atoms with Gasteiger partial charge in [-0.05, 0) is 49.2 Å². The quantitative estimate of drug-likeness (QED) is 0.659. The standard InChI is InChI=1S/C20H20ClN4O/c1-12-11-14(7-8-15(12)21)20(9-10-22-18(20)13(2)26)25-19-23-16-5-3-4-6-17(16)24-19/h3-8,11,18,22H,2,9-10H2,1H3,(H2,23,24,25)/t18-,20?/m1/s1. The zero-order valence-electron chi connectivity index (χ0n) is 14.5. The number of nitrogens with one attached hydrogen (secondary N) is 3. The minimum absolute atomic E-state index is 0.154. The molecule has 1 unspecified atom stereocenters. The summed E-state index contributed by atoms with van der Waals surface area (Å²) in [6, 6.07) is 13.3. The summed E-state index contributed by atoms with van der Waals surface area (Å²) in [5, 5.41) is 7.49.